The van der Waals surface area contributed by atoms with Crippen LogP contribution in [0.2, 0.25) is 0 Å². The van der Waals surface area contributed by atoms with Crippen molar-refractivity contribution < 1.29 is 13.2 Å². The van der Waals surface area contributed by atoms with Gasteiger partial charge in [-0.1, -0.05) is 6.07 Å². The summed E-state index contributed by atoms with van der Waals surface area (Å²) in [6.45, 7) is 0.638. The number of hydrogen-bond acceptors (Lipinski definition) is 4. The summed E-state index contributed by atoms with van der Waals surface area (Å²) in [4.78, 5) is 5.40. The Labute approximate surface area is 118 Å². The molecule has 0 saturated carbocycles. The van der Waals surface area contributed by atoms with Crippen LogP contribution in [0, 0.1) is 0 Å². The number of anilines is 1. The third-order valence-electron chi connectivity index (χ3n) is 2.83. The summed E-state index contributed by atoms with van der Waals surface area (Å²) >= 11 is 1.54. The van der Waals surface area contributed by atoms with E-state index in [0.717, 1.165) is 11.6 Å². The van der Waals surface area contributed by atoms with Crippen molar-refractivity contribution in [2.45, 2.75) is 19.3 Å². The van der Waals surface area contributed by atoms with E-state index >= 15 is 0 Å². The fourth-order valence-corrected chi connectivity index (χ4v) is 2.52. The summed E-state index contributed by atoms with van der Waals surface area (Å²) in [6, 6.07) is 4.27. The molecule has 0 saturated heterocycles. The number of nitrogens with zero attached hydrogens (tertiary/aromatic N) is 2. The fourth-order valence-electron chi connectivity index (χ4n) is 1.86. The average molecular weight is 301 g/mol. The molecule has 20 heavy (non-hydrogen) atoms. The Hall–Kier alpha value is -1.60. The number of halogens is 3. The van der Waals surface area contributed by atoms with Crippen molar-refractivity contribution in [3.8, 4) is 0 Å². The topological polar surface area (TPSA) is 42.2 Å². The molecule has 2 aromatic rings. The lowest BCUT2D eigenvalue weighted by Crippen LogP contribution is -2.22. The van der Waals surface area contributed by atoms with Crippen LogP contribution in [0.3, 0.4) is 0 Å². The molecule has 0 atom stereocenters. The molecular formula is C13H14F3N3S. The van der Waals surface area contributed by atoms with Gasteiger partial charge in [-0.3, -0.25) is 0 Å². The average Bonchev–Trinajstić information content (AvgIpc) is 2.89. The summed E-state index contributed by atoms with van der Waals surface area (Å²) in [5.41, 5.74) is 6.29. The van der Waals surface area contributed by atoms with Gasteiger partial charge in [0.2, 0.25) is 0 Å². The summed E-state index contributed by atoms with van der Waals surface area (Å²) < 4.78 is 38.2. The van der Waals surface area contributed by atoms with Crippen molar-refractivity contribution in [1.82, 2.24) is 4.98 Å². The number of pyridine rings is 1. The number of alkyl halides is 3. The lowest BCUT2D eigenvalue weighted by atomic mass is 10.2. The van der Waals surface area contributed by atoms with Gasteiger partial charge in [-0.2, -0.15) is 24.5 Å². The van der Waals surface area contributed by atoms with Gasteiger partial charge in [-0.15, -0.1) is 0 Å². The number of nitrogens with two attached hydrogens (primary N) is 1. The van der Waals surface area contributed by atoms with E-state index in [0.29, 0.717) is 12.1 Å². The van der Waals surface area contributed by atoms with Crippen molar-refractivity contribution in [3.05, 3.63) is 45.8 Å². The van der Waals surface area contributed by atoms with E-state index in [-0.39, 0.29) is 12.4 Å². The molecule has 0 bridgehead atoms. The van der Waals surface area contributed by atoms with Gasteiger partial charge in [-0.05, 0) is 28.5 Å². The standard InChI is InChI=1S/C13H14F3N3S/c1-19(7-9-4-5-20-8-9)12-10(6-17)2-3-11(18-12)13(14,15)16/h2-5,8H,6-7,17H2,1H3. The predicted molar refractivity (Wildman–Crippen MR) is 73.6 cm³/mol. The zero-order valence-corrected chi connectivity index (χ0v) is 11.6. The Morgan fingerprint density at radius 2 is 2.05 bits per heavy atom. The van der Waals surface area contributed by atoms with Gasteiger partial charge in [0.1, 0.15) is 11.5 Å². The van der Waals surface area contributed by atoms with Crippen LogP contribution in [0.4, 0.5) is 19.0 Å². The molecule has 2 rings (SSSR count). The van der Waals surface area contributed by atoms with Gasteiger partial charge in [0.05, 0.1) is 0 Å². The van der Waals surface area contributed by atoms with Crippen LogP contribution in [-0.4, -0.2) is 12.0 Å². The van der Waals surface area contributed by atoms with Crippen LogP contribution in [0.15, 0.2) is 29.0 Å². The molecule has 2 aromatic heterocycles. The molecule has 0 aliphatic carbocycles. The monoisotopic (exact) mass is 301 g/mol. The maximum Gasteiger partial charge on any atom is 0.433 e. The Balaban J connectivity index is 2.32. The number of aromatic nitrogens is 1. The molecule has 2 heterocycles. The van der Waals surface area contributed by atoms with Gasteiger partial charge >= 0.3 is 6.18 Å². The molecule has 0 aromatic carbocycles. The number of thiophene rings is 1. The van der Waals surface area contributed by atoms with E-state index in [1.54, 1.807) is 23.3 Å². The zero-order chi connectivity index (χ0) is 14.8. The Morgan fingerprint density at radius 3 is 2.60 bits per heavy atom. The highest BCUT2D eigenvalue weighted by atomic mass is 32.1. The first-order valence-electron chi connectivity index (χ1n) is 5.91. The van der Waals surface area contributed by atoms with Crippen LogP contribution in [0.1, 0.15) is 16.8 Å². The minimum Gasteiger partial charge on any atom is -0.355 e. The lowest BCUT2D eigenvalue weighted by molar-refractivity contribution is -0.141. The van der Waals surface area contributed by atoms with E-state index in [9.17, 15) is 13.2 Å². The highest BCUT2D eigenvalue weighted by molar-refractivity contribution is 7.07. The quantitative estimate of drug-likeness (QED) is 0.942. The van der Waals surface area contributed by atoms with Gasteiger partial charge in [0.15, 0.2) is 0 Å². The largest absolute Gasteiger partial charge is 0.433 e. The first-order chi connectivity index (χ1) is 9.41. The molecule has 108 valence electrons. The Bertz CT molecular complexity index is 567. The highest BCUT2D eigenvalue weighted by Crippen LogP contribution is 2.30. The smallest absolute Gasteiger partial charge is 0.355 e. The van der Waals surface area contributed by atoms with Gasteiger partial charge in [0, 0.05) is 25.7 Å². The molecule has 7 heteroatoms. The second-order valence-corrected chi connectivity index (χ2v) is 5.15. The first-order valence-corrected chi connectivity index (χ1v) is 6.85. The second-order valence-electron chi connectivity index (χ2n) is 4.37. The highest BCUT2D eigenvalue weighted by Gasteiger charge is 2.33. The van der Waals surface area contributed by atoms with Crippen molar-refractivity contribution in [1.29, 1.82) is 0 Å². The van der Waals surface area contributed by atoms with Crippen LogP contribution < -0.4 is 10.6 Å². The molecule has 0 aliphatic rings. The molecule has 0 fully saturated rings. The van der Waals surface area contributed by atoms with Gasteiger partial charge < -0.3 is 10.6 Å². The third-order valence-corrected chi connectivity index (χ3v) is 3.56. The molecular weight excluding hydrogens is 287 g/mol. The van der Waals surface area contributed by atoms with Crippen LogP contribution in [-0.2, 0) is 19.3 Å². The van der Waals surface area contributed by atoms with E-state index in [1.165, 1.54) is 6.07 Å². The lowest BCUT2D eigenvalue weighted by Gasteiger charge is -2.21. The summed E-state index contributed by atoms with van der Waals surface area (Å²) in [6.07, 6.45) is -4.45. The normalized spacial score (nSPS) is 11.7. The van der Waals surface area contributed by atoms with Crippen molar-refractivity contribution in [2.75, 3.05) is 11.9 Å². The molecule has 0 aliphatic heterocycles. The molecule has 3 nitrogen and oxygen atoms in total. The van der Waals surface area contributed by atoms with E-state index in [2.05, 4.69) is 4.98 Å². The van der Waals surface area contributed by atoms with Crippen LogP contribution >= 0.6 is 11.3 Å². The molecule has 0 radical (unpaired) electrons. The summed E-state index contributed by atoms with van der Waals surface area (Å²) in [5, 5.41) is 3.87. The maximum absolute atomic E-state index is 12.7. The number of hydrogen-bond donors (Lipinski definition) is 1. The molecule has 0 amide bonds. The zero-order valence-electron chi connectivity index (χ0n) is 10.8. The minimum atomic E-state index is -4.45. The van der Waals surface area contributed by atoms with Crippen LogP contribution in [0.25, 0.3) is 0 Å². The van der Waals surface area contributed by atoms with Gasteiger partial charge in [0.25, 0.3) is 0 Å². The molecule has 0 spiro atoms. The Morgan fingerprint density at radius 1 is 1.30 bits per heavy atom. The fraction of sp³-hybridized carbons (Fsp3) is 0.308. The minimum absolute atomic E-state index is 0.147. The Kier molecular flexibility index (Phi) is 4.29. The predicted octanol–water partition coefficient (Wildman–Crippen LogP) is 3.26. The molecule has 0 unspecified atom stereocenters. The SMILES string of the molecule is CN(Cc1ccsc1)c1nc(C(F)(F)F)ccc1CN. The number of rotatable bonds is 4. The summed E-state index contributed by atoms with van der Waals surface area (Å²) in [7, 11) is 1.71. The van der Waals surface area contributed by atoms with Gasteiger partial charge in [-0.25, -0.2) is 4.98 Å². The van der Waals surface area contributed by atoms with E-state index < -0.39 is 11.9 Å². The third kappa shape index (κ3) is 3.29. The van der Waals surface area contributed by atoms with E-state index in [1.807, 2.05) is 16.8 Å². The second kappa shape index (κ2) is 5.80. The van der Waals surface area contributed by atoms with Crippen molar-refractivity contribution >= 4 is 17.2 Å². The molecule has 2 N–H and O–H groups in total. The van der Waals surface area contributed by atoms with E-state index in [4.69, 9.17) is 5.73 Å². The summed E-state index contributed by atoms with van der Waals surface area (Å²) in [5.74, 6) is 0.272. The first kappa shape index (κ1) is 14.8. The van der Waals surface area contributed by atoms with Crippen molar-refractivity contribution in [2.24, 2.45) is 5.73 Å². The van der Waals surface area contributed by atoms with Crippen LogP contribution in [0.5, 0.6) is 0 Å². The maximum atomic E-state index is 12.7. The van der Waals surface area contributed by atoms with Crippen molar-refractivity contribution in [3.63, 3.8) is 0 Å².